The van der Waals surface area contributed by atoms with Gasteiger partial charge in [0.05, 0.1) is 0 Å². The van der Waals surface area contributed by atoms with Gasteiger partial charge >= 0.3 is 26.6 Å². The summed E-state index contributed by atoms with van der Waals surface area (Å²) in [5, 5.41) is 0. The average molecular weight is 201 g/mol. The molecule has 5 nitrogen and oxygen atoms in total. The van der Waals surface area contributed by atoms with Crippen LogP contribution in [-0.2, 0) is 13.4 Å². The third-order valence-corrected chi connectivity index (χ3v) is 1.20. The van der Waals surface area contributed by atoms with E-state index in [0.717, 1.165) is 0 Å². The summed E-state index contributed by atoms with van der Waals surface area (Å²) < 4.78 is 21.6. The Bertz CT molecular complexity index is 95.8. The van der Waals surface area contributed by atoms with Crippen LogP contribution in [-0.4, -0.2) is 16.5 Å². The number of rotatable bonds is 2. The molecule has 0 N–H and O–H groups in total. The zero-order valence-corrected chi connectivity index (χ0v) is 7.57. The van der Waals surface area contributed by atoms with Crippen molar-refractivity contribution >= 4 is 38.2 Å². The van der Waals surface area contributed by atoms with Gasteiger partial charge in [0.1, 0.15) is 4.31 Å². The monoisotopic (exact) mass is 201 g/mol. The predicted octanol–water partition coefficient (Wildman–Crippen LogP) is -0.487. The molecule has 0 aromatic rings. The Hall–Kier alpha value is 0.539. The van der Waals surface area contributed by atoms with Gasteiger partial charge in [-0.05, 0) is 9.13 Å². The summed E-state index contributed by atoms with van der Waals surface area (Å²) >= 11 is 4.64. The van der Waals surface area contributed by atoms with Gasteiger partial charge in [0.2, 0.25) is 0 Å². The summed E-state index contributed by atoms with van der Waals surface area (Å²) in [5.41, 5.74) is 0. The fourth-order valence-corrected chi connectivity index (χ4v) is 0.490. The first-order valence-corrected chi connectivity index (χ1v) is 4.42. The molecule has 0 heterocycles. The Morgan fingerprint density at radius 2 is 1.40 bits per heavy atom. The second-order valence-electron chi connectivity index (χ2n) is 0.529. The van der Waals surface area contributed by atoms with Gasteiger partial charge in [-0.1, -0.05) is 0 Å². The minimum atomic E-state index is -3.24. The van der Waals surface area contributed by atoms with Gasteiger partial charge in [-0.15, -0.1) is 11.6 Å². The van der Waals surface area contributed by atoms with E-state index >= 15 is 0 Å². The maximum Gasteiger partial charge on any atom is 2.00 e. The molecule has 0 aliphatic rings. The molecular weight excluding hydrogens is 198 g/mol. The van der Waals surface area contributed by atoms with Crippen molar-refractivity contribution < 1.29 is 23.2 Å². The standard InChI is InChI=1S/CH3Cl.Be.O5P2/c1-2;;1-6(2)5-7(3)4/h1H3;;/q;+2;. The van der Waals surface area contributed by atoms with E-state index in [1.807, 2.05) is 0 Å². The molecule has 0 fully saturated rings. The molecule has 2 unspecified atom stereocenters. The molecule has 10 heavy (non-hydrogen) atoms. The fraction of sp³-hybridized carbons (Fsp3) is 1.00. The van der Waals surface area contributed by atoms with Crippen molar-refractivity contribution in [3.8, 4) is 0 Å². The van der Waals surface area contributed by atoms with Crippen molar-refractivity contribution in [2.24, 2.45) is 0 Å². The fourth-order valence-electron chi connectivity index (χ4n) is 0.0544. The molecule has 9 heteroatoms. The van der Waals surface area contributed by atoms with Crippen LogP contribution in [0.4, 0.5) is 0 Å². The molecule has 0 radical (unpaired) electrons. The first kappa shape index (κ1) is 16.9. The number of hydrogen-bond donors (Lipinski definition) is 0. The molecule has 0 aromatic carbocycles. The number of alkyl halides is 1. The second-order valence-corrected chi connectivity index (χ2v) is 2.08. The molecule has 0 saturated carbocycles. The van der Waals surface area contributed by atoms with Crippen molar-refractivity contribution in [2.75, 3.05) is 6.38 Å². The summed E-state index contributed by atoms with van der Waals surface area (Å²) in [5.74, 6) is 0. The summed E-state index contributed by atoms with van der Waals surface area (Å²) in [6.45, 7) is 0. The number of hydrogen-bond acceptors (Lipinski definition) is 5. The molecule has 2 atom stereocenters. The summed E-state index contributed by atoms with van der Waals surface area (Å²) in [7, 11) is -6.47. The molecule has 0 spiro atoms. The third-order valence-electron chi connectivity index (χ3n) is 0.133. The van der Waals surface area contributed by atoms with E-state index in [1.54, 1.807) is 0 Å². The molecule has 54 valence electrons. The van der Waals surface area contributed by atoms with E-state index in [2.05, 4.69) is 15.9 Å². The minimum absolute atomic E-state index is 0. The van der Waals surface area contributed by atoms with Crippen LogP contribution in [0.5, 0.6) is 0 Å². The van der Waals surface area contributed by atoms with Gasteiger partial charge in [-0.3, -0.25) is 0 Å². The molecule has 0 aliphatic heterocycles. The van der Waals surface area contributed by atoms with E-state index in [4.69, 9.17) is 0 Å². The zero-order chi connectivity index (χ0) is 7.86. The topological polar surface area (TPSA) is 89.5 Å². The van der Waals surface area contributed by atoms with E-state index in [1.165, 1.54) is 6.38 Å². The van der Waals surface area contributed by atoms with Crippen LogP contribution in [0.25, 0.3) is 0 Å². The molecule has 0 aliphatic carbocycles. The van der Waals surface area contributed by atoms with Crippen molar-refractivity contribution in [3.05, 3.63) is 0 Å². The van der Waals surface area contributed by atoms with Gasteiger partial charge in [-0.2, -0.15) is 0 Å². The van der Waals surface area contributed by atoms with Gasteiger partial charge in [0, 0.05) is 6.38 Å². The molecule has 0 aromatic heterocycles. The molecule has 0 rings (SSSR count). The smallest absolute Gasteiger partial charge is 0.563 e. The van der Waals surface area contributed by atoms with Crippen molar-refractivity contribution in [1.29, 1.82) is 0 Å². The first-order chi connectivity index (χ1) is 4.13. The van der Waals surface area contributed by atoms with E-state index < -0.39 is 16.5 Å². The third kappa shape index (κ3) is 23.6. The van der Waals surface area contributed by atoms with Gasteiger partial charge in [0.25, 0.3) is 0 Å². The van der Waals surface area contributed by atoms with Crippen molar-refractivity contribution in [3.63, 3.8) is 0 Å². The Balaban J connectivity index is -0.000000149. The SMILES string of the molecule is CCl.O=[P+]([O-])O[P+](=O)[O-].[Be+2]. The normalized spacial score (nSPS) is 10.0. The van der Waals surface area contributed by atoms with Crippen molar-refractivity contribution in [1.82, 2.24) is 0 Å². The summed E-state index contributed by atoms with van der Waals surface area (Å²) in [6.07, 6.45) is 1.47. The Kier molecular flexibility index (Phi) is 20.6. The predicted molar refractivity (Wildman–Crippen MR) is 33.8 cm³/mol. The van der Waals surface area contributed by atoms with Gasteiger partial charge < -0.3 is 9.79 Å². The van der Waals surface area contributed by atoms with Crippen LogP contribution >= 0.6 is 28.1 Å². The Morgan fingerprint density at radius 1 is 1.20 bits per heavy atom. The van der Waals surface area contributed by atoms with E-state index in [-0.39, 0.29) is 10.1 Å². The Morgan fingerprint density at radius 3 is 1.40 bits per heavy atom. The minimum Gasteiger partial charge on any atom is -0.563 e. The van der Waals surface area contributed by atoms with Crippen LogP contribution in [0.3, 0.4) is 0 Å². The largest absolute Gasteiger partial charge is 2.00 e. The van der Waals surface area contributed by atoms with Crippen LogP contribution in [0.15, 0.2) is 0 Å². The van der Waals surface area contributed by atoms with E-state index in [0.29, 0.717) is 0 Å². The zero-order valence-electron chi connectivity index (χ0n) is 5.02. The maximum atomic E-state index is 9.24. The summed E-state index contributed by atoms with van der Waals surface area (Å²) in [4.78, 5) is 18.5. The molecule has 0 saturated heterocycles. The molecule has 0 amide bonds. The van der Waals surface area contributed by atoms with Crippen LogP contribution < -0.4 is 9.79 Å². The van der Waals surface area contributed by atoms with Crippen LogP contribution in [0.2, 0.25) is 0 Å². The quantitative estimate of drug-likeness (QED) is 0.342. The molecular formula is CH3BeClO5P2+2. The van der Waals surface area contributed by atoms with Crippen LogP contribution in [0, 0.1) is 0 Å². The second kappa shape index (κ2) is 12.2. The van der Waals surface area contributed by atoms with Crippen molar-refractivity contribution in [2.45, 2.75) is 0 Å². The van der Waals surface area contributed by atoms with E-state index in [9.17, 15) is 18.9 Å². The number of halogens is 1. The maximum absolute atomic E-state index is 9.24. The summed E-state index contributed by atoms with van der Waals surface area (Å²) in [6, 6.07) is 0. The molecule has 0 bridgehead atoms. The van der Waals surface area contributed by atoms with Gasteiger partial charge in [0.15, 0.2) is 0 Å². The van der Waals surface area contributed by atoms with Gasteiger partial charge in [-0.25, -0.2) is 0 Å². The Labute approximate surface area is 68.5 Å². The first-order valence-electron chi connectivity index (χ1n) is 1.47. The van der Waals surface area contributed by atoms with Crippen LogP contribution in [0.1, 0.15) is 0 Å². The average Bonchev–Trinajstić information content (AvgIpc) is 1.68.